The summed E-state index contributed by atoms with van der Waals surface area (Å²) in [5, 5.41) is 2.66. The van der Waals surface area contributed by atoms with Crippen molar-refractivity contribution in [2.45, 2.75) is 61.4 Å². The highest BCUT2D eigenvalue weighted by Crippen LogP contribution is 2.31. The average molecular weight is 464 g/mol. The maximum absolute atomic E-state index is 13.1. The number of carbonyl (C=O) groups is 1. The molecule has 0 spiro atoms. The fourth-order valence-electron chi connectivity index (χ4n) is 4.27. The Labute approximate surface area is 182 Å². The molecule has 0 aliphatic carbocycles. The Morgan fingerprint density at radius 3 is 2.19 bits per heavy atom. The fraction of sp³-hybridized carbons (Fsp3) is 0.381. The smallest absolute Gasteiger partial charge is 0.261 e. The fourth-order valence-corrected chi connectivity index (χ4v) is 7.27. The van der Waals surface area contributed by atoms with Gasteiger partial charge in [-0.1, -0.05) is 6.42 Å². The minimum absolute atomic E-state index is 0.0374. The highest BCUT2D eigenvalue weighted by atomic mass is 32.2. The number of piperidine rings is 1. The molecule has 0 aromatic heterocycles. The SMILES string of the molecule is C[C@@H]1CCC[C@H](C)N1S(=O)(=O)c1ccc(NS(=O)(=O)c2ccc3c(c2)CC(=O)N3)cc1. The highest BCUT2D eigenvalue weighted by Gasteiger charge is 2.35. The number of carbonyl (C=O) groups excluding carboxylic acids is 1. The number of amides is 1. The lowest BCUT2D eigenvalue weighted by Gasteiger charge is -2.37. The van der Waals surface area contributed by atoms with Crippen LogP contribution < -0.4 is 10.0 Å². The molecule has 1 amide bonds. The molecule has 31 heavy (non-hydrogen) atoms. The second kappa shape index (κ2) is 7.92. The Hall–Kier alpha value is -2.43. The largest absolute Gasteiger partial charge is 0.326 e. The summed E-state index contributed by atoms with van der Waals surface area (Å²) in [6, 6.07) is 10.0. The molecule has 2 aliphatic heterocycles. The van der Waals surface area contributed by atoms with Crippen molar-refractivity contribution >= 4 is 37.3 Å². The Kier molecular flexibility index (Phi) is 5.57. The quantitative estimate of drug-likeness (QED) is 0.708. The van der Waals surface area contributed by atoms with E-state index in [1.807, 2.05) is 13.8 Å². The van der Waals surface area contributed by atoms with Crippen LogP contribution in [0.1, 0.15) is 38.7 Å². The maximum atomic E-state index is 13.1. The minimum atomic E-state index is -3.89. The van der Waals surface area contributed by atoms with Gasteiger partial charge in [-0.3, -0.25) is 9.52 Å². The molecule has 2 atom stereocenters. The summed E-state index contributed by atoms with van der Waals surface area (Å²) in [4.78, 5) is 11.7. The third-order valence-electron chi connectivity index (χ3n) is 5.81. The van der Waals surface area contributed by atoms with Crippen molar-refractivity contribution in [1.82, 2.24) is 4.31 Å². The van der Waals surface area contributed by atoms with E-state index < -0.39 is 20.0 Å². The summed E-state index contributed by atoms with van der Waals surface area (Å²) < 4.78 is 55.8. The monoisotopic (exact) mass is 463 g/mol. The van der Waals surface area contributed by atoms with Gasteiger partial charge in [0.05, 0.1) is 16.2 Å². The first-order valence-electron chi connectivity index (χ1n) is 10.2. The summed E-state index contributed by atoms with van der Waals surface area (Å²) in [6.07, 6.45) is 2.78. The number of hydrogen-bond acceptors (Lipinski definition) is 5. The average Bonchev–Trinajstić information content (AvgIpc) is 3.07. The number of sulfonamides is 2. The molecular weight excluding hydrogens is 438 g/mol. The van der Waals surface area contributed by atoms with Gasteiger partial charge < -0.3 is 5.32 Å². The third-order valence-corrected chi connectivity index (χ3v) is 9.33. The van der Waals surface area contributed by atoms with Crippen LogP contribution in [0.25, 0.3) is 0 Å². The third kappa shape index (κ3) is 4.19. The summed E-state index contributed by atoms with van der Waals surface area (Å²) in [6.45, 7) is 3.82. The number of nitrogens with zero attached hydrogens (tertiary/aromatic N) is 1. The Morgan fingerprint density at radius 1 is 0.935 bits per heavy atom. The lowest BCUT2D eigenvalue weighted by Crippen LogP contribution is -2.47. The highest BCUT2D eigenvalue weighted by molar-refractivity contribution is 7.92. The molecule has 0 saturated carbocycles. The zero-order valence-electron chi connectivity index (χ0n) is 17.3. The summed E-state index contributed by atoms with van der Waals surface area (Å²) in [5.41, 5.74) is 1.49. The van der Waals surface area contributed by atoms with Crippen LogP contribution in [0.5, 0.6) is 0 Å². The van der Waals surface area contributed by atoms with E-state index in [-0.39, 0.29) is 39.9 Å². The lowest BCUT2D eigenvalue weighted by atomic mass is 10.0. The predicted octanol–water partition coefficient (Wildman–Crippen LogP) is 2.93. The number of anilines is 2. The molecule has 0 bridgehead atoms. The zero-order chi connectivity index (χ0) is 22.4. The Morgan fingerprint density at radius 2 is 1.55 bits per heavy atom. The van der Waals surface area contributed by atoms with Gasteiger partial charge in [-0.05, 0) is 74.7 Å². The van der Waals surface area contributed by atoms with Gasteiger partial charge in [-0.2, -0.15) is 4.31 Å². The van der Waals surface area contributed by atoms with Crippen LogP contribution in [0.2, 0.25) is 0 Å². The number of fused-ring (bicyclic) bond motifs is 1. The van der Waals surface area contributed by atoms with E-state index in [9.17, 15) is 21.6 Å². The molecule has 2 heterocycles. The van der Waals surface area contributed by atoms with Gasteiger partial charge in [-0.25, -0.2) is 16.8 Å². The van der Waals surface area contributed by atoms with E-state index in [0.29, 0.717) is 11.3 Å². The van der Waals surface area contributed by atoms with Crippen molar-refractivity contribution in [1.29, 1.82) is 0 Å². The molecule has 2 N–H and O–H groups in total. The topological polar surface area (TPSA) is 113 Å². The van der Waals surface area contributed by atoms with E-state index in [4.69, 9.17) is 0 Å². The molecule has 2 aliphatic rings. The van der Waals surface area contributed by atoms with Crippen molar-refractivity contribution < 1.29 is 21.6 Å². The van der Waals surface area contributed by atoms with Gasteiger partial charge in [0.2, 0.25) is 15.9 Å². The van der Waals surface area contributed by atoms with E-state index in [2.05, 4.69) is 10.0 Å². The van der Waals surface area contributed by atoms with Crippen LogP contribution in [0, 0.1) is 0 Å². The van der Waals surface area contributed by atoms with Crippen LogP contribution >= 0.6 is 0 Å². The second-order valence-corrected chi connectivity index (χ2v) is 11.7. The van der Waals surface area contributed by atoms with E-state index in [1.165, 1.54) is 36.4 Å². The molecule has 4 rings (SSSR count). The van der Waals surface area contributed by atoms with Crippen LogP contribution in [0.15, 0.2) is 52.3 Å². The molecule has 2 aromatic carbocycles. The number of rotatable bonds is 5. The van der Waals surface area contributed by atoms with Gasteiger partial charge >= 0.3 is 0 Å². The molecule has 8 nitrogen and oxygen atoms in total. The number of benzene rings is 2. The summed E-state index contributed by atoms with van der Waals surface area (Å²) >= 11 is 0. The first-order chi connectivity index (χ1) is 14.6. The zero-order valence-corrected chi connectivity index (χ0v) is 19.0. The molecule has 1 fully saturated rings. The van der Waals surface area contributed by atoms with Crippen molar-refractivity contribution in [2.75, 3.05) is 10.0 Å². The number of nitrogens with one attached hydrogen (secondary N) is 2. The van der Waals surface area contributed by atoms with Crippen LogP contribution in [0.3, 0.4) is 0 Å². The molecule has 1 saturated heterocycles. The second-order valence-electron chi connectivity index (χ2n) is 8.14. The van der Waals surface area contributed by atoms with Gasteiger partial charge in [0.15, 0.2) is 0 Å². The minimum Gasteiger partial charge on any atom is -0.326 e. The first kappa shape index (κ1) is 21.8. The van der Waals surface area contributed by atoms with Crippen LogP contribution in [-0.2, 0) is 31.3 Å². The van der Waals surface area contributed by atoms with E-state index >= 15 is 0 Å². The molecule has 166 valence electrons. The van der Waals surface area contributed by atoms with Gasteiger partial charge in [0, 0.05) is 23.5 Å². The van der Waals surface area contributed by atoms with Crippen molar-refractivity contribution in [2.24, 2.45) is 0 Å². The van der Waals surface area contributed by atoms with Crippen molar-refractivity contribution in [3.63, 3.8) is 0 Å². The van der Waals surface area contributed by atoms with Crippen LogP contribution in [0.4, 0.5) is 11.4 Å². The Balaban J connectivity index is 1.55. The Bertz CT molecular complexity index is 1210. The van der Waals surface area contributed by atoms with Gasteiger partial charge in [0.25, 0.3) is 10.0 Å². The molecular formula is C21H25N3O5S2. The molecule has 10 heteroatoms. The first-order valence-corrected chi connectivity index (χ1v) is 13.1. The molecule has 0 radical (unpaired) electrons. The normalized spacial score (nSPS) is 22.1. The molecule has 0 unspecified atom stereocenters. The summed E-state index contributed by atoms with van der Waals surface area (Å²) in [7, 11) is -7.56. The van der Waals surface area contributed by atoms with Gasteiger partial charge in [0.1, 0.15) is 0 Å². The standard InChI is InChI=1S/C21H25N3O5S2/c1-14-4-3-5-15(2)24(14)31(28,29)18-8-6-17(7-9-18)23-30(26,27)19-10-11-20-16(12-19)13-21(25)22-20/h6-12,14-15,23H,3-5,13H2,1-2H3,(H,22,25)/t14-,15+. The van der Waals surface area contributed by atoms with Crippen molar-refractivity contribution in [3.05, 3.63) is 48.0 Å². The van der Waals surface area contributed by atoms with E-state index in [1.54, 1.807) is 10.4 Å². The maximum Gasteiger partial charge on any atom is 0.261 e. The lowest BCUT2D eigenvalue weighted by molar-refractivity contribution is -0.115. The summed E-state index contributed by atoms with van der Waals surface area (Å²) in [5.74, 6) is -0.174. The van der Waals surface area contributed by atoms with E-state index in [0.717, 1.165) is 19.3 Å². The predicted molar refractivity (Wildman–Crippen MR) is 118 cm³/mol. The van der Waals surface area contributed by atoms with Crippen molar-refractivity contribution in [3.8, 4) is 0 Å². The number of hydrogen-bond donors (Lipinski definition) is 2. The van der Waals surface area contributed by atoms with Gasteiger partial charge in [-0.15, -0.1) is 0 Å². The van der Waals surface area contributed by atoms with Crippen LogP contribution in [-0.4, -0.2) is 39.1 Å². The molecule has 2 aromatic rings.